The summed E-state index contributed by atoms with van der Waals surface area (Å²) in [6.07, 6.45) is 3.98. The number of hydrogen-bond acceptors (Lipinski definition) is 5. The monoisotopic (exact) mass is 462 g/mol. The van der Waals surface area contributed by atoms with Crippen LogP contribution < -0.4 is 15.4 Å². The summed E-state index contributed by atoms with van der Waals surface area (Å²) in [4.78, 5) is 34.2. The highest BCUT2D eigenvalue weighted by atomic mass is 32.1. The van der Waals surface area contributed by atoms with Gasteiger partial charge in [-0.15, -0.1) is 11.3 Å². The largest absolute Gasteiger partial charge is 0.496 e. The maximum absolute atomic E-state index is 13.2. The lowest BCUT2D eigenvalue weighted by molar-refractivity contribution is -0.123. The summed E-state index contributed by atoms with van der Waals surface area (Å²) in [5.74, 6) is 0.220. The van der Waals surface area contributed by atoms with Crippen LogP contribution in [0.2, 0.25) is 0 Å². The number of fused-ring (bicyclic) bond motifs is 1. The molecule has 1 aromatic carbocycles. The van der Waals surface area contributed by atoms with Crippen LogP contribution in [0, 0.1) is 13.8 Å². The van der Waals surface area contributed by atoms with Gasteiger partial charge in [0.1, 0.15) is 11.8 Å². The number of rotatable bonds is 8. The number of pyridine rings is 1. The summed E-state index contributed by atoms with van der Waals surface area (Å²) in [6.45, 7) is 4.08. The number of benzene rings is 1. The lowest BCUT2D eigenvalue weighted by atomic mass is 10.0. The molecule has 4 rings (SSSR count). The Balaban J connectivity index is 1.54. The molecule has 33 heavy (non-hydrogen) atoms. The van der Waals surface area contributed by atoms with Crippen molar-refractivity contribution in [3.63, 3.8) is 0 Å². The Morgan fingerprint density at radius 2 is 2.00 bits per heavy atom. The average Bonchev–Trinajstić information content (AvgIpc) is 3.49. The maximum Gasteiger partial charge on any atom is 0.262 e. The number of H-pyrrole nitrogens is 1. The van der Waals surface area contributed by atoms with Gasteiger partial charge in [0.25, 0.3) is 5.91 Å². The van der Waals surface area contributed by atoms with Crippen molar-refractivity contribution in [1.29, 1.82) is 0 Å². The molecule has 1 atom stereocenters. The van der Waals surface area contributed by atoms with Crippen LogP contribution in [-0.4, -0.2) is 34.9 Å². The van der Waals surface area contributed by atoms with Gasteiger partial charge in [-0.1, -0.05) is 24.3 Å². The summed E-state index contributed by atoms with van der Waals surface area (Å²) in [6, 6.07) is 10.7. The summed E-state index contributed by atoms with van der Waals surface area (Å²) in [5, 5.41) is 8.71. The van der Waals surface area contributed by atoms with Crippen molar-refractivity contribution >= 4 is 34.1 Å². The molecule has 0 bridgehead atoms. The lowest BCUT2D eigenvalue weighted by Crippen LogP contribution is -2.47. The molecule has 0 fully saturated rings. The van der Waals surface area contributed by atoms with Crippen molar-refractivity contribution in [1.82, 2.24) is 20.6 Å². The second kappa shape index (κ2) is 9.87. The zero-order valence-electron chi connectivity index (χ0n) is 18.8. The standard InChI is InChI=1S/C25H26N4O3S/c1-15-12-26-21(16(2)23(15)32-3)14-28-24(30)20(29-25(31)22-9-6-10-33-22)11-17-13-27-19-8-5-4-7-18(17)19/h4-10,12-13,20,27H,11,14H2,1-3H3,(H,28,30)(H,29,31). The van der Waals surface area contributed by atoms with E-state index in [4.69, 9.17) is 4.74 Å². The molecule has 7 nitrogen and oxygen atoms in total. The molecule has 0 saturated heterocycles. The van der Waals surface area contributed by atoms with Crippen LogP contribution in [0.25, 0.3) is 10.9 Å². The van der Waals surface area contributed by atoms with Crippen LogP contribution in [0.15, 0.2) is 54.2 Å². The Kier molecular flexibility index (Phi) is 6.74. The molecule has 0 aliphatic heterocycles. The van der Waals surface area contributed by atoms with Crippen molar-refractivity contribution in [3.05, 3.63) is 81.4 Å². The van der Waals surface area contributed by atoms with Gasteiger partial charge in [0.15, 0.2) is 0 Å². The molecule has 0 aliphatic carbocycles. The number of ether oxygens (including phenoxy) is 1. The highest BCUT2D eigenvalue weighted by molar-refractivity contribution is 7.12. The molecule has 8 heteroatoms. The number of nitrogens with zero attached hydrogens (tertiary/aromatic N) is 1. The fourth-order valence-electron chi connectivity index (χ4n) is 3.91. The maximum atomic E-state index is 13.2. The smallest absolute Gasteiger partial charge is 0.262 e. The fraction of sp³-hybridized carbons (Fsp3) is 0.240. The SMILES string of the molecule is COc1c(C)cnc(CNC(=O)C(Cc2c[nH]c3ccccc23)NC(=O)c2cccs2)c1C. The minimum absolute atomic E-state index is 0.237. The molecule has 0 aliphatic rings. The summed E-state index contributed by atoms with van der Waals surface area (Å²) in [7, 11) is 1.62. The van der Waals surface area contributed by atoms with E-state index < -0.39 is 6.04 Å². The molecule has 2 amide bonds. The van der Waals surface area contributed by atoms with Gasteiger partial charge >= 0.3 is 0 Å². The minimum atomic E-state index is -0.744. The Hall–Kier alpha value is -3.65. The van der Waals surface area contributed by atoms with E-state index >= 15 is 0 Å². The van der Waals surface area contributed by atoms with E-state index in [1.807, 2.05) is 55.8 Å². The van der Waals surface area contributed by atoms with Crippen LogP contribution in [0.3, 0.4) is 0 Å². The summed E-state index contributed by atoms with van der Waals surface area (Å²) in [5.41, 5.74) is 4.49. The minimum Gasteiger partial charge on any atom is -0.496 e. The van der Waals surface area contributed by atoms with E-state index in [0.29, 0.717) is 11.3 Å². The zero-order chi connectivity index (χ0) is 23.4. The van der Waals surface area contributed by atoms with Gasteiger partial charge in [-0.3, -0.25) is 14.6 Å². The highest BCUT2D eigenvalue weighted by Crippen LogP contribution is 2.24. The summed E-state index contributed by atoms with van der Waals surface area (Å²) < 4.78 is 5.46. The van der Waals surface area contributed by atoms with Crippen molar-refractivity contribution in [2.75, 3.05) is 7.11 Å². The fourth-order valence-corrected chi connectivity index (χ4v) is 4.54. The number of aromatic nitrogens is 2. The predicted molar refractivity (Wildman–Crippen MR) is 130 cm³/mol. The van der Waals surface area contributed by atoms with Crippen LogP contribution >= 0.6 is 11.3 Å². The first-order valence-corrected chi connectivity index (χ1v) is 11.5. The number of methoxy groups -OCH3 is 1. The third-order valence-electron chi connectivity index (χ3n) is 5.65. The first-order chi connectivity index (χ1) is 16.0. The number of carbonyl (C=O) groups is 2. The average molecular weight is 463 g/mol. The van der Waals surface area contributed by atoms with Gasteiger partial charge in [-0.2, -0.15) is 0 Å². The molecule has 4 aromatic rings. The Bertz CT molecular complexity index is 1280. The molecule has 0 spiro atoms. The highest BCUT2D eigenvalue weighted by Gasteiger charge is 2.24. The van der Waals surface area contributed by atoms with E-state index in [9.17, 15) is 9.59 Å². The van der Waals surface area contributed by atoms with E-state index in [1.54, 1.807) is 19.4 Å². The first-order valence-electron chi connectivity index (χ1n) is 10.6. The normalized spacial score (nSPS) is 11.8. The van der Waals surface area contributed by atoms with Crippen LogP contribution in [-0.2, 0) is 17.8 Å². The molecular formula is C25H26N4O3S. The van der Waals surface area contributed by atoms with E-state index in [1.165, 1.54) is 11.3 Å². The molecule has 1 unspecified atom stereocenters. The number of thiophene rings is 1. The number of nitrogens with one attached hydrogen (secondary N) is 3. The van der Waals surface area contributed by atoms with Crippen molar-refractivity contribution in [2.24, 2.45) is 0 Å². The Morgan fingerprint density at radius 1 is 1.18 bits per heavy atom. The number of aryl methyl sites for hydroxylation is 1. The van der Waals surface area contributed by atoms with E-state index in [0.717, 1.165) is 39.0 Å². The van der Waals surface area contributed by atoms with Crippen LogP contribution in [0.5, 0.6) is 5.75 Å². The number of para-hydroxylation sites is 1. The Labute approximate surface area is 196 Å². The zero-order valence-corrected chi connectivity index (χ0v) is 19.6. The Morgan fingerprint density at radius 3 is 2.76 bits per heavy atom. The topological polar surface area (TPSA) is 96.1 Å². The van der Waals surface area contributed by atoms with Gasteiger partial charge in [-0.25, -0.2) is 0 Å². The van der Waals surface area contributed by atoms with E-state index in [2.05, 4.69) is 20.6 Å². The van der Waals surface area contributed by atoms with Crippen LogP contribution in [0.1, 0.15) is 32.1 Å². The number of hydrogen-bond donors (Lipinski definition) is 3. The van der Waals surface area contributed by atoms with Gasteiger partial charge in [0.2, 0.25) is 5.91 Å². The second-order valence-electron chi connectivity index (χ2n) is 7.83. The van der Waals surface area contributed by atoms with Crippen molar-refractivity contribution in [3.8, 4) is 5.75 Å². The third kappa shape index (κ3) is 4.90. The molecule has 0 saturated carbocycles. The van der Waals surface area contributed by atoms with Gasteiger partial charge in [-0.05, 0) is 36.9 Å². The molecule has 0 radical (unpaired) electrons. The number of carbonyl (C=O) groups excluding carboxylic acids is 2. The first kappa shape index (κ1) is 22.5. The second-order valence-corrected chi connectivity index (χ2v) is 8.78. The van der Waals surface area contributed by atoms with Crippen molar-refractivity contribution in [2.45, 2.75) is 32.9 Å². The van der Waals surface area contributed by atoms with Gasteiger partial charge in [0.05, 0.1) is 24.2 Å². The summed E-state index contributed by atoms with van der Waals surface area (Å²) >= 11 is 1.34. The van der Waals surface area contributed by atoms with Crippen molar-refractivity contribution < 1.29 is 14.3 Å². The predicted octanol–water partition coefficient (Wildman–Crippen LogP) is 3.91. The molecule has 170 valence electrons. The quantitative estimate of drug-likeness (QED) is 0.370. The van der Waals surface area contributed by atoms with Gasteiger partial charge in [0, 0.05) is 40.8 Å². The van der Waals surface area contributed by atoms with Gasteiger partial charge < -0.3 is 20.4 Å². The van der Waals surface area contributed by atoms with Crippen LogP contribution in [0.4, 0.5) is 0 Å². The molecular weight excluding hydrogens is 436 g/mol. The molecule has 3 N–H and O–H groups in total. The third-order valence-corrected chi connectivity index (χ3v) is 6.51. The van der Waals surface area contributed by atoms with E-state index in [-0.39, 0.29) is 18.4 Å². The molecule has 3 aromatic heterocycles. The molecule has 3 heterocycles. The number of aromatic amines is 1. The number of amides is 2. The lowest BCUT2D eigenvalue weighted by Gasteiger charge is -2.19.